The molecule has 144 valence electrons. The standard InChI is InChI=1S/C18H26N4O3.HI/c1-6-24-16-9-14(7-8-15(16)23-5)10-20-18(19-4)21-11-17-22-12(2)13(3)25-17;/h7-9H,6,10-11H2,1-5H3,(H2,19,20,21);1H. The molecule has 2 aromatic rings. The van der Waals surface area contributed by atoms with E-state index in [1.165, 1.54) is 0 Å². The van der Waals surface area contributed by atoms with Gasteiger partial charge >= 0.3 is 0 Å². The van der Waals surface area contributed by atoms with Gasteiger partial charge in [-0.05, 0) is 38.5 Å². The minimum absolute atomic E-state index is 0. The molecule has 7 nitrogen and oxygen atoms in total. The Balaban J connectivity index is 0.00000338. The first-order valence-corrected chi connectivity index (χ1v) is 8.24. The number of hydrogen-bond acceptors (Lipinski definition) is 5. The average Bonchev–Trinajstić information content (AvgIpc) is 2.93. The number of rotatable bonds is 7. The molecule has 0 aliphatic rings. The molecule has 0 aliphatic heterocycles. The van der Waals surface area contributed by atoms with Crippen molar-refractivity contribution in [3.63, 3.8) is 0 Å². The van der Waals surface area contributed by atoms with Crippen LogP contribution in [0.1, 0.15) is 29.8 Å². The quantitative estimate of drug-likeness (QED) is 0.365. The Morgan fingerprint density at radius 1 is 1.19 bits per heavy atom. The summed E-state index contributed by atoms with van der Waals surface area (Å²) in [5.41, 5.74) is 1.97. The third kappa shape index (κ3) is 6.08. The maximum Gasteiger partial charge on any atom is 0.214 e. The molecule has 0 saturated carbocycles. The highest BCUT2D eigenvalue weighted by Gasteiger charge is 2.08. The van der Waals surface area contributed by atoms with E-state index in [0.29, 0.717) is 31.5 Å². The molecule has 0 aliphatic carbocycles. The number of methoxy groups -OCH3 is 1. The molecule has 1 aromatic heterocycles. The van der Waals surface area contributed by atoms with E-state index in [9.17, 15) is 0 Å². The number of ether oxygens (including phenoxy) is 2. The Kier molecular flexibility index (Phi) is 9.25. The van der Waals surface area contributed by atoms with Crippen molar-refractivity contribution in [1.82, 2.24) is 15.6 Å². The Labute approximate surface area is 171 Å². The highest BCUT2D eigenvalue weighted by atomic mass is 127. The Hall–Kier alpha value is -1.97. The van der Waals surface area contributed by atoms with Crippen LogP contribution in [0.5, 0.6) is 11.5 Å². The van der Waals surface area contributed by atoms with Crippen LogP contribution >= 0.6 is 24.0 Å². The monoisotopic (exact) mass is 474 g/mol. The number of oxazole rings is 1. The van der Waals surface area contributed by atoms with Gasteiger partial charge in [0.15, 0.2) is 17.5 Å². The number of guanidine groups is 1. The van der Waals surface area contributed by atoms with E-state index in [0.717, 1.165) is 28.5 Å². The van der Waals surface area contributed by atoms with Crippen LogP contribution in [0.15, 0.2) is 27.6 Å². The first kappa shape index (κ1) is 22.1. The van der Waals surface area contributed by atoms with Crippen molar-refractivity contribution in [1.29, 1.82) is 0 Å². The van der Waals surface area contributed by atoms with E-state index in [-0.39, 0.29) is 24.0 Å². The van der Waals surface area contributed by atoms with Crippen LogP contribution in [0, 0.1) is 13.8 Å². The molecule has 0 amide bonds. The van der Waals surface area contributed by atoms with Gasteiger partial charge < -0.3 is 24.5 Å². The van der Waals surface area contributed by atoms with Crippen molar-refractivity contribution < 1.29 is 13.9 Å². The molecule has 2 N–H and O–H groups in total. The van der Waals surface area contributed by atoms with E-state index in [2.05, 4.69) is 20.6 Å². The fraction of sp³-hybridized carbons (Fsp3) is 0.444. The molecule has 26 heavy (non-hydrogen) atoms. The molecule has 0 spiro atoms. The number of aryl methyl sites for hydroxylation is 2. The third-order valence-corrected chi connectivity index (χ3v) is 3.69. The molecule has 8 heteroatoms. The summed E-state index contributed by atoms with van der Waals surface area (Å²) in [4.78, 5) is 8.55. The lowest BCUT2D eigenvalue weighted by Gasteiger charge is -2.13. The fourth-order valence-electron chi connectivity index (χ4n) is 2.28. The predicted molar refractivity (Wildman–Crippen MR) is 113 cm³/mol. The van der Waals surface area contributed by atoms with Gasteiger partial charge in [0, 0.05) is 13.6 Å². The van der Waals surface area contributed by atoms with Crippen LogP contribution in [-0.2, 0) is 13.1 Å². The smallest absolute Gasteiger partial charge is 0.214 e. The van der Waals surface area contributed by atoms with Crippen molar-refractivity contribution in [2.24, 2.45) is 4.99 Å². The topological polar surface area (TPSA) is 80.9 Å². The van der Waals surface area contributed by atoms with E-state index in [1.807, 2.05) is 39.0 Å². The van der Waals surface area contributed by atoms with Crippen LogP contribution in [0.25, 0.3) is 0 Å². The third-order valence-electron chi connectivity index (χ3n) is 3.69. The maximum atomic E-state index is 5.60. The molecule has 0 atom stereocenters. The molecule has 0 unspecified atom stereocenters. The Morgan fingerprint density at radius 3 is 2.50 bits per heavy atom. The van der Waals surface area contributed by atoms with Gasteiger partial charge in [-0.2, -0.15) is 0 Å². The molecular formula is C18H27IN4O3. The summed E-state index contributed by atoms with van der Waals surface area (Å²) in [6, 6.07) is 5.85. The van der Waals surface area contributed by atoms with Crippen LogP contribution in [0.4, 0.5) is 0 Å². The number of nitrogens with one attached hydrogen (secondary N) is 2. The Bertz CT molecular complexity index is 712. The second-order valence-corrected chi connectivity index (χ2v) is 5.45. The number of hydrogen-bond donors (Lipinski definition) is 2. The van der Waals surface area contributed by atoms with Crippen LogP contribution < -0.4 is 20.1 Å². The van der Waals surface area contributed by atoms with Gasteiger partial charge in [-0.3, -0.25) is 4.99 Å². The summed E-state index contributed by atoms with van der Waals surface area (Å²) in [5.74, 6) is 3.60. The van der Waals surface area contributed by atoms with E-state index in [4.69, 9.17) is 13.9 Å². The predicted octanol–water partition coefficient (Wildman–Crippen LogP) is 3.18. The van der Waals surface area contributed by atoms with Crippen LogP contribution in [-0.4, -0.2) is 31.7 Å². The number of nitrogens with zero attached hydrogens (tertiary/aromatic N) is 2. The minimum Gasteiger partial charge on any atom is -0.493 e. The number of halogens is 1. The summed E-state index contributed by atoms with van der Waals surface area (Å²) in [6.07, 6.45) is 0. The molecule has 0 saturated heterocycles. The van der Waals surface area contributed by atoms with Crippen LogP contribution in [0.2, 0.25) is 0 Å². The van der Waals surface area contributed by atoms with Crippen LogP contribution in [0.3, 0.4) is 0 Å². The zero-order chi connectivity index (χ0) is 18.2. The normalized spacial score (nSPS) is 10.9. The van der Waals surface area contributed by atoms with Gasteiger partial charge in [0.1, 0.15) is 5.76 Å². The summed E-state index contributed by atoms with van der Waals surface area (Å²) in [7, 11) is 3.36. The molecule has 0 fully saturated rings. The zero-order valence-corrected chi connectivity index (χ0v) is 18.2. The van der Waals surface area contributed by atoms with Crippen molar-refractivity contribution in [2.75, 3.05) is 20.8 Å². The van der Waals surface area contributed by atoms with Gasteiger partial charge in [0.05, 0.1) is 26.0 Å². The second kappa shape index (κ2) is 10.9. The minimum atomic E-state index is 0. The van der Waals surface area contributed by atoms with E-state index >= 15 is 0 Å². The summed E-state index contributed by atoms with van der Waals surface area (Å²) in [6.45, 7) is 7.44. The first-order valence-electron chi connectivity index (χ1n) is 8.24. The molecule has 1 aromatic carbocycles. The largest absolute Gasteiger partial charge is 0.493 e. The van der Waals surface area contributed by atoms with Gasteiger partial charge in [0.25, 0.3) is 0 Å². The molecule has 1 heterocycles. The second-order valence-electron chi connectivity index (χ2n) is 5.45. The number of aromatic nitrogens is 1. The SMILES string of the molecule is CCOc1cc(CNC(=NC)NCc2nc(C)c(C)o2)ccc1OC.I. The number of benzene rings is 1. The highest BCUT2D eigenvalue weighted by Crippen LogP contribution is 2.27. The molecule has 0 radical (unpaired) electrons. The summed E-state index contributed by atoms with van der Waals surface area (Å²) >= 11 is 0. The van der Waals surface area contributed by atoms with Crippen molar-refractivity contribution in [2.45, 2.75) is 33.9 Å². The summed E-state index contributed by atoms with van der Waals surface area (Å²) in [5, 5.41) is 6.44. The van der Waals surface area contributed by atoms with E-state index in [1.54, 1.807) is 14.2 Å². The van der Waals surface area contributed by atoms with Crippen molar-refractivity contribution in [3.05, 3.63) is 41.1 Å². The average molecular weight is 474 g/mol. The van der Waals surface area contributed by atoms with Gasteiger partial charge in [-0.15, -0.1) is 24.0 Å². The maximum absolute atomic E-state index is 5.60. The number of aliphatic imine (C=N–C) groups is 1. The first-order chi connectivity index (χ1) is 12.1. The van der Waals surface area contributed by atoms with E-state index < -0.39 is 0 Å². The van der Waals surface area contributed by atoms with Gasteiger partial charge in [0.2, 0.25) is 5.89 Å². The lowest BCUT2D eigenvalue weighted by atomic mass is 10.2. The van der Waals surface area contributed by atoms with Crippen molar-refractivity contribution in [3.8, 4) is 11.5 Å². The summed E-state index contributed by atoms with van der Waals surface area (Å²) < 4.78 is 16.5. The van der Waals surface area contributed by atoms with Crippen molar-refractivity contribution >= 4 is 29.9 Å². The molecule has 2 rings (SSSR count). The van der Waals surface area contributed by atoms with Gasteiger partial charge in [-0.1, -0.05) is 6.07 Å². The lowest BCUT2D eigenvalue weighted by Crippen LogP contribution is -2.36. The fourth-order valence-corrected chi connectivity index (χ4v) is 2.28. The lowest BCUT2D eigenvalue weighted by molar-refractivity contribution is 0.310. The zero-order valence-electron chi connectivity index (χ0n) is 15.9. The van der Waals surface area contributed by atoms with Gasteiger partial charge in [-0.25, -0.2) is 4.98 Å². The Morgan fingerprint density at radius 2 is 1.92 bits per heavy atom. The molecular weight excluding hydrogens is 447 g/mol. The highest BCUT2D eigenvalue weighted by molar-refractivity contribution is 14.0. The molecule has 0 bridgehead atoms.